The molecule has 0 saturated heterocycles. The van der Waals surface area contributed by atoms with Crippen LogP contribution in [-0.4, -0.2) is 57.9 Å². The van der Waals surface area contributed by atoms with Crippen molar-refractivity contribution in [2.24, 2.45) is 0 Å². The number of carbonyl (C=O) groups excluding carboxylic acids is 2. The van der Waals surface area contributed by atoms with Crippen LogP contribution in [0.25, 0.3) is 0 Å². The van der Waals surface area contributed by atoms with Crippen molar-refractivity contribution in [3.8, 4) is 0 Å². The number of ketones is 2. The minimum absolute atomic E-state index is 0.152. The predicted octanol–water partition coefficient (Wildman–Crippen LogP) is 4.49. The van der Waals surface area contributed by atoms with E-state index >= 15 is 0 Å². The zero-order chi connectivity index (χ0) is 25.1. The average Bonchev–Trinajstić information content (AvgIpc) is 2.56. The number of rotatable bonds is 8. The smallest absolute Gasteiger partial charge is 0.435 e. The summed E-state index contributed by atoms with van der Waals surface area (Å²) in [5.41, 5.74) is 0. The van der Waals surface area contributed by atoms with E-state index in [0.717, 1.165) is 6.08 Å². The number of alkyl halides is 10. The summed E-state index contributed by atoms with van der Waals surface area (Å²) >= 11 is 4.24. The van der Waals surface area contributed by atoms with Gasteiger partial charge in [-0.1, -0.05) is 15.9 Å². The Hall–Kier alpha value is -1.07. The van der Waals surface area contributed by atoms with Gasteiger partial charge in [0.25, 0.3) is 0 Å². The Balaban J connectivity index is 0.000000759. The van der Waals surface area contributed by atoms with Crippen LogP contribution in [0.3, 0.4) is 0 Å². The molecule has 0 radical (unpaired) electrons. The maximum absolute atomic E-state index is 13.4. The largest absolute Gasteiger partial charge is 0.480 e. The van der Waals surface area contributed by atoms with E-state index in [9.17, 15) is 53.1 Å². The van der Waals surface area contributed by atoms with Gasteiger partial charge in [-0.25, -0.2) is 0 Å². The zero-order valence-electron chi connectivity index (χ0n) is 14.9. The SMILES string of the molecule is CC(OC1=CC(=O)C=CC1=O)C(F)(F)C(F)(F)S(=O)(=O)O.FC(F)(Br)C(F)(F)CCBr. The zero-order valence-corrected chi connectivity index (χ0v) is 18.9. The van der Waals surface area contributed by atoms with Gasteiger partial charge in [-0.05, 0) is 35.0 Å². The summed E-state index contributed by atoms with van der Waals surface area (Å²) in [5.74, 6) is -12.1. The summed E-state index contributed by atoms with van der Waals surface area (Å²) < 4.78 is 134. The van der Waals surface area contributed by atoms with Crippen LogP contribution in [0.2, 0.25) is 0 Å². The molecule has 1 rings (SSSR count). The number of halogens is 10. The highest BCUT2D eigenvalue weighted by Gasteiger charge is 2.69. The van der Waals surface area contributed by atoms with Gasteiger partial charge in [0.2, 0.25) is 5.78 Å². The van der Waals surface area contributed by atoms with Crippen LogP contribution >= 0.6 is 31.9 Å². The molecule has 0 aromatic heterocycles. The maximum Gasteiger partial charge on any atom is 0.435 e. The number of hydrogen-bond acceptors (Lipinski definition) is 5. The molecule has 1 N–H and O–H groups in total. The van der Waals surface area contributed by atoms with Crippen LogP contribution < -0.4 is 0 Å². The molecule has 0 aromatic carbocycles. The Morgan fingerprint density at radius 1 is 1.06 bits per heavy atom. The summed E-state index contributed by atoms with van der Waals surface area (Å²) in [6, 6.07) is 0. The fourth-order valence-corrected chi connectivity index (χ4v) is 2.72. The molecule has 17 heteroatoms. The number of carbonyl (C=O) groups is 2. The van der Waals surface area contributed by atoms with E-state index in [2.05, 4.69) is 20.7 Å². The van der Waals surface area contributed by atoms with Crippen LogP contribution in [0.1, 0.15) is 13.3 Å². The van der Waals surface area contributed by atoms with E-state index in [1.807, 2.05) is 0 Å². The molecule has 0 aliphatic heterocycles. The van der Waals surface area contributed by atoms with Gasteiger partial charge >= 0.3 is 32.0 Å². The van der Waals surface area contributed by atoms with Crippen molar-refractivity contribution in [3.05, 3.63) is 24.0 Å². The Morgan fingerprint density at radius 2 is 1.55 bits per heavy atom. The van der Waals surface area contributed by atoms with Gasteiger partial charge in [0.05, 0.1) is 0 Å². The highest BCUT2D eigenvalue weighted by molar-refractivity contribution is 9.10. The van der Waals surface area contributed by atoms with Crippen LogP contribution in [0.5, 0.6) is 0 Å². The molecule has 1 aliphatic rings. The van der Waals surface area contributed by atoms with E-state index in [0.29, 0.717) is 19.1 Å². The monoisotopic (exact) mass is 618 g/mol. The topological polar surface area (TPSA) is 97.7 Å². The third kappa shape index (κ3) is 7.49. The summed E-state index contributed by atoms with van der Waals surface area (Å²) in [7, 11) is -6.42. The van der Waals surface area contributed by atoms with Crippen molar-refractivity contribution in [2.45, 2.75) is 41.4 Å². The standard InChI is InChI=1S/C10H8F4O6S.C4H4Br2F4/c1-5(9(11,12)10(13,14)21(17,18)19)20-8-4-6(15)2-3-7(8)16;5-2-1-3(7,8)4(6,9)10/h2-5H,1H3,(H,17,18,19);1-2H2. The Labute approximate surface area is 186 Å². The van der Waals surface area contributed by atoms with Crippen molar-refractivity contribution in [3.63, 3.8) is 0 Å². The number of ether oxygens (including phenoxy) is 1. The first-order chi connectivity index (χ1) is 13.6. The fourth-order valence-electron chi connectivity index (χ4n) is 1.51. The lowest BCUT2D eigenvalue weighted by Gasteiger charge is -2.29. The second-order valence-electron chi connectivity index (χ2n) is 5.62. The Bertz CT molecular complexity index is 851. The van der Waals surface area contributed by atoms with Gasteiger partial charge in [-0.15, -0.1) is 0 Å². The number of hydrogen-bond donors (Lipinski definition) is 1. The number of allylic oxidation sites excluding steroid dienone is 3. The molecule has 0 fully saturated rings. The average molecular weight is 620 g/mol. The normalized spacial score (nSPS) is 17.0. The molecule has 0 bridgehead atoms. The van der Waals surface area contributed by atoms with Crippen LogP contribution in [-0.2, 0) is 24.4 Å². The molecule has 0 amide bonds. The summed E-state index contributed by atoms with van der Waals surface area (Å²) in [5, 5.41) is -5.99. The van der Waals surface area contributed by atoms with Gasteiger partial charge in [0, 0.05) is 17.8 Å². The second-order valence-corrected chi connectivity index (χ2v) is 8.88. The lowest BCUT2D eigenvalue weighted by atomic mass is 10.1. The van der Waals surface area contributed by atoms with E-state index in [4.69, 9.17) is 4.55 Å². The fraction of sp³-hybridized carbons (Fsp3) is 0.571. The van der Waals surface area contributed by atoms with Gasteiger partial charge in [0.15, 0.2) is 17.6 Å². The van der Waals surface area contributed by atoms with Gasteiger partial charge in [-0.3, -0.25) is 14.1 Å². The van der Waals surface area contributed by atoms with Gasteiger partial charge in [-0.2, -0.15) is 43.5 Å². The van der Waals surface area contributed by atoms with Crippen molar-refractivity contribution in [2.75, 3.05) is 5.33 Å². The van der Waals surface area contributed by atoms with E-state index in [1.165, 1.54) is 0 Å². The lowest BCUT2D eigenvalue weighted by Crippen LogP contribution is -2.53. The first-order valence-electron chi connectivity index (χ1n) is 7.49. The molecule has 31 heavy (non-hydrogen) atoms. The van der Waals surface area contributed by atoms with Crippen molar-refractivity contribution in [1.82, 2.24) is 0 Å². The minimum Gasteiger partial charge on any atom is -0.480 e. The molecule has 0 aromatic rings. The molecule has 0 heterocycles. The minimum atomic E-state index is -6.42. The predicted molar refractivity (Wildman–Crippen MR) is 96.5 cm³/mol. The highest BCUT2D eigenvalue weighted by atomic mass is 79.9. The molecule has 0 saturated carbocycles. The quantitative estimate of drug-likeness (QED) is 0.186. The second kappa shape index (κ2) is 10.2. The van der Waals surface area contributed by atoms with Crippen molar-refractivity contribution >= 4 is 53.5 Å². The van der Waals surface area contributed by atoms with Crippen LogP contribution in [0, 0.1) is 0 Å². The van der Waals surface area contributed by atoms with Gasteiger partial charge in [0.1, 0.15) is 0 Å². The van der Waals surface area contributed by atoms with Crippen molar-refractivity contribution in [1.29, 1.82) is 0 Å². The van der Waals surface area contributed by atoms with Gasteiger partial charge < -0.3 is 4.74 Å². The lowest BCUT2D eigenvalue weighted by molar-refractivity contribution is -0.214. The summed E-state index contributed by atoms with van der Waals surface area (Å²) in [6.07, 6.45) is -1.75. The van der Waals surface area contributed by atoms with E-state index < -0.39 is 61.9 Å². The summed E-state index contributed by atoms with van der Waals surface area (Å²) in [4.78, 5) is 18.1. The summed E-state index contributed by atoms with van der Waals surface area (Å²) in [6.45, 7) is 0.357. The van der Waals surface area contributed by atoms with Crippen LogP contribution in [0.15, 0.2) is 24.0 Å². The van der Waals surface area contributed by atoms with Crippen LogP contribution in [0.4, 0.5) is 35.1 Å². The Kier molecular flexibility index (Phi) is 9.89. The third-order valence-corrected chi connectivity index (χ3v) is 5.16. The third-order valence-electron chi connectivity index (χ3n) is 3.26. The van der Waals surface area contributed by atoms with Crippen molar-refractivity contribution < 1.29 is 62.4 Å². The van der Waals surface area contributed by atoms with E-state index in [1.54, 1.807) is 15.9 Å². The molecule has 1 atom stereocenters. The molecule has 6 nitrogen and oxygen atoms in total. The molecule has 180 valence electrons. The highest BCUT2D eigenvalue weighted by Crippen LogP contribution is 2.43. The first kappa shape index (κ1) is 29.9. The Morgan fingerprint density at radius 3 is 1.90 bits per heavy atom. The maximum atomic E-state index is 13.4. The molecule has 1 aliphatic carbocycles. The molecular weight excluding hydrogens is 608 g/mol. The molecule has 0 spiro atoms. The van der Waals surface area contributed by atoms with E-state index in [-0.39, 0.29) is 5.33 Å². The molecular formula is C14H12Br2F8O6S. The first-order valence-corrected chi connectivity index (χ1v) is 10.8. The molecule has 1 unspecified atom stereocenters.